The first-order chi connectivity index (χ1) is 11.8. The van der Waals surface area contributed by atoms with Crippen molar-refractivity contribution in [2.24, 2.45) is 0 Å². The van der Waals surface area contributed by atoms with Gasteiger partial charge in [-0.05, 0) is 24.6 Å². The first-order valence-corrected chi connectivity index (χ1v) is 7.33. The molecule has 0 atom stereocenters. The molecule has 0 unspecified atom stereocenters. The topological polar surface area (TPSA) is 131 Å². The Bertz CT molecular complexity index is 881. The minimum absolute atomic E-state index is 0.155. The van der Waals surface area contributed by atoms with Crippen LogP contribution in [0.2, 0.25) is 0 Å². The molecule has 0 aliphatic carbocycles. The van der Waals surface area contributed by atoms with Gasteiger partial charge in [0, 0.05) is 12.1 Å². The predicted octanol–water partition coefficient (Wildman–Crippen LogP) is 3.19. The van der Waals surface area contributed by atoms with Crippen molar-refractivity contribution in [2.75, 3.05) is 0 Å². The van der Waals surface area contributed by atoms with Crippen LogP contribution in [0.5, 0.6) is 11.5 Å². The molecule has 8 nitrogen and oxygen atoms in total. The van der Waals surface area contributed by atoms with Crippen molar-refractivity contribution in [3.05, 3.63) is 67.8 Å². The lowest BCUT2D eigenvalue weighted by Crippen LogP contribution is -2.12. The highest BCUT2D eigenvalue weighted by Gasteiger charge is 2.16. The molecule has 0 bridgehead atoms. The Balaban J connectivity index is 0.00000151. The zero-order valence-electron chi connectivity index (χ0n) is 13.8. The maximum Gasteiger partial charge on any atom is 0.351 e. The zero-order valence-corrected chi connectivity index (χ0v) is 13.8. The van der Waals surface area contributed by atoms with E-state index in [2.05, 4.69) is 0 Å². The van der Waals surface area contributed by atoms with Gasteiger partial charge in [0.15, 0.2) is 11.5 Å². The largest absolute Gasteiger partial charge is 0.507 e. The number of aromatic hydroxyl groups is 2. The lowest BCUT2D eigenvalue weighted by atomic mass is 10.1. The summed E-state index contributed by atoms with van der Waals surface area (Å²) in [6.07, 6.45) is 2.19. The molecule has 0 fully saturated rings. The molecule has 1 heterocycles. The Morgan fingerprint density at radius 1 is 1.20 bits per heavy atom. The number of phenols is 1. The number of hydrogen-bond donors (Lipinski definition) is 2. The van der Waals surface area contributed by atoms with E-state index in [1.165, 1.54) is 19.1 Å². The predicted molar refractivity (Wildman–Crippen MR) is 90.9 cm³/mol. The van der Waals surface area contributed by atoms with Crippen LogP contribution in [0.25, 0.3) is 6.08 Å². The van der Waals surface area contributed by atoms with Crippen LogP contribution in [0.3, 0.4) is 0 Å². The van der Waals surface area contributed by atoms with Gasteiger partial charge < -0.3 is 14.6 Å². The maximum atomic E-state index is 12.0. The number of allylic oxidation sites excluding steroid dienone is 1. The van der Waals surface area contributed by atoms with Crippen molar-refractivity contribution >= 4 is 17.5 Å². The third kappa shape index (κ3) is 4.77. The standard InChI is InChI=1S/C15H11NO7.C2H6/c1-8-6-13(19)14(15(20)23-8)12(18)5-3-9-2-4-11(17)10(7-9)16(21)22;1-2/h2-7,17,19H,1H3;1-2H3/b5-3+;. The van der Waals surface area contributed by atoms with Crippen molar-refractivity contribution in [3.8, 4) is 11.5 Å². The maximum absolute atomic E-state index is 12.0. The molecule has 8 heteroatoms. The number of carbonyl (C=O) groups excluding carboxylic acids is 1. The van der Waals surface area contributed by atoms with Crippen LogP contribution >= 0.6 is 0 Å². The van der Waals surface area contributed by atoms with Crippen molar-refractivity contribution < 1.29 is 24.3 Å². The van der Waals surface area contributed by atoms with Crippen LogP contribution in [0.15, 0.2) is 39.6 Å². The average Bonchev–Trinajstić information content (AvgIpc) is 2.54. The fourth-order valence-corrected chi connectivity index (χ4v) is 1.87. The number of aryl methyl sites for hydroxylation is 1. The fraction of sp³-hybridized carbons (Fsp3) is 0.176. The Morgan fingerprint density at radius 2 is 1.84 bits per heavy atom. The molecule has 1 aromatic carbocycles. The molecule has 0 aliphatic rings. The van der Waals surface area contributed by atoms with Gasteiger partial charge in [-0.15, -0.1) is 0 Å². The summed E-state index contributed by atoms with van der Waals surface area (Å²) in [5.74, 6) is -1.67. The normalized spacial score (nSPS) is 10.2. The Morgan fingerprint density at radius 3 is 2.40 bits per heavy atom. The van der Waals surface area contributed by atoms with Gasteiger partial charge in [0.2, 0.25) is 0 Å². The highest BCUT2D eigenvalue weighted by atomic mass is 16.6. The van der Waals surface area contributed by atoms with E-state index >= 15 is 0 Å². The molecule has 132 valence electrons. The highest BCUT2D eigenvalue weighted by Crippen LogP contribution is 2.26. The zero-order chi connectivity index (χ0) is 19.1. The lowest BCUT2D eigenvalue weighted by Gasteiger charge is -2.00. The third-order valence-corrected chi connectivity index (χ3v) is 2.92. The Labute approximate surface area is 142 Å². The second-order valence-electron chi connectivity index (χ2n) is 4.61. The quantitative estimate of drug-likeness (QED) is 0.376. The SMILES string of the molecule is CC.Cc1cc(O)c(C(=O)/C=C/c2ccc(O)c([N+](=O)[O-])c2)c(=O)o1. The number of benzene rings is 1. The lowest BCUT2D eigenvalue weighted by molar-refractivity contribution is -0.385. The number of rotatable bonds is 4. The number of nitro benzene ring substituents is 1. The van der Waals surface area contributed by atoms with Gasteiger partial charge in [0.1, 0.15) is 17.1 Å². The molecule has 2 aromatic rings. The van der Waals surface area contributed by atoms with Crippen LogP contribution in [0.4, 0.5) is 5.69 Å². The van der Waals surface area contributed by atoms with Crippen LogP contribution in [-0.4, -0.2) is 20.9 Å². The molecule has 0 spiro atoms. The molecule has 25 heavy (non-hydrogen) atoms. The van der Waals surface area contributed by atoms with Gasteiger partial charge in [0.05, 0.1) is 4.92 Å². The number of hydrogen-bond acceptors (Lipinski definition) is 7. The summed E-state index contributed by atoms with van der Waals surface area (Å²) in [5.41, 5.74) is -1.76. The van der Waals surface area contributed by atoms with E-state index in [4.69, 9.17) is 4.42 Å². The molecular formula is C17H17NO7. The second kappa shape index (κ2) is 8.44. The smallest absolute Gasteiger partial charge is 0.351 e. The first kappa shape index (κ1) is 19.6. The van der Waals surface area contributed by atoms with Gasteiger partial charge >= 0.3 is 11.3 Å². The van der Waals surface area contributed by atoms with Gasteiger partial charge in [0.25, 0.3) is 0 Å². The monoisotopic (exact) mass is 347 g/mol. The molecule has 0 radical (unpaired) electrons. The van der Waals surface area contributed by atoms with Crippen molar-refractivity contribution in [1.82, 2.24) is 0 Å². The second-order valence-corrected chi connectivity index (χ2v) is 4.61. The molecule has 2 N–H and O–H groups in total. The van der Waals surface area contributed by atoms with Crippen molar-refractivity contribution in [3.63, 3.8) is 0 Å². The summed E-state index contributed by atoms with van der Waals surface area (Å²) in [6.45, 7) is 5.45. The molecule has 0 aliphatic heterocycles. The minimum Gasteiger partial charge on any atom is -0.507 e. The number of nitro groups is 1. The van der Waals surface area contributed by atoms with E-state index in [1.807, 2.05) is 13.8 Å². The molecule has 1 aromatic heterocycles. The van der Waals surface area contributed by atoms with Crippen LogP contribution in [0.1, 0.15) is 35.5 Å². The number of carbonyl (C=O) groups is 1. The van der Waals surface area contributed by atoms with E-state index in [1.54, 1.807) is 0 Å². The number of ketones is 1. The van der Waals surface area contributed by atoms with Gasteiger partial charge in [-0.25, -0.2) is 4.79 Å². The number of phenolic OH excluding ortho intramolecular Hbond substituents is 1. The molecule has 2 rings (SSSR count). The van der Waals surface area contributed by atoms with Crippen molar-refractivity contribution in [1.29, 1.82) is 0 Å². The first-order valence-electron chi connectivity index (χ1n) is 7.33. The minimum atomic E-state index is -0.978. The summed E-state index contributed by atoms with van der Waals surface area (Å²) in [5, 5.41) is 29.7. The summed E-state index contributed by atoms with van der Waals surface area (Å²) in [7, 11) is 0. The average molecular weight is 347 g/mol. The summed E-state index contributed by atoms with van der Waals surface area (Å²) in [4.78, 5) is 33.5. The summed E-state index contributed by atoms with van der Waals surface area (Å²) < 4.78 is 4.74. The van der Waals surface area contributed by atoms with E-state index in [9.17, 15) is 29.9 Å². The Hall–Kier alpha value is -3.42. The van der Waals surface area contributed by atoms with E-state index in [0.29, 0.717) is 0 Å². The van der Waals surface area contributed by atoms with Crippen LogP contribution in [0, 0.1) is 17.0 Å². The third-order valence-electron chi connectivity index (χ3n) is 2.92. The molecule has 0 saturated carbocycles. The summed E-state index contributed by atoms with van der Waals surface area (Å²) in [6, 6.07) is 4.66. The van der Waals surface area contributed by atoms with Crippen LogP contribution in [-0.2, 0) is 0 Å². The molecule has 0 amide bonds. The fourth-order valence-electron chi connectivity index (χ4n) is 1.87. The van der Waals surface area contributed by atoms with E-state index in [0.717, 1.165) is 24.3 Å². The van der Waals surface area contributed by atoms with Crippen LogP contribution < -0.4 is 5.63 Å². The highest BCUT2D eigenvalue weighted by molar-refractivity contribution is 6.08. The molecule has 0 saturated heterocycles. The van der Waals surface area contributed by atoms with Gasteiger partial charge in [-0.1, -0.05) is 26.0 Å². The van der Waals surface area contributed by atoms with Crippen molar-refractivity contribution in [2.45, 2.75) is 20.8 Å². The van der Waals surface area contributed by atoms with Gasteiger partial charge in [-0.3, -0.25) is 14.9 Å². The van der Waals surface area contributed by atoms with E-state index in [-0.39, 0.29) is 11.3 Å². The number of nitrogens with zero attached hydrogens (tertiary/aromatic N) is 1. The Kier molecular flexibility index (Phi) is 6.62. The molecular weight excluding hydrogens is 330 g/mol. The van der Waals surface area contributed by atoms with Gasteiger partial charge in [-0.2, -0.15) is 0 Å². The summed E-state index contributed by atoms with van der Waals surface area (Å²) >= 11 is 0. The van der Waals surface area contributed by atoms with E-state index < -0.39 is 39.1 Å².